The highest BCUT2D eigenvalue weighted by Gasteiger charge is 2.42. The predicted molar refractivity (Wildman–Crippen MR) is 90.9 cm³/mol. The standard InChI is InChI=1S/C14H22N4O2.HI/c1-11-7-12(20-17-11)8-16-13(15-2)18-5-3-14(9-18)4-6-19-10-14;/h7H,3-6,8-10H2,1-2H3,(H,15,16);1H. The van der Waals surface area contributed by atoms with Crippen LogP contribution in [0.5, 0.6) is 0 Å². The van der Waals surface area contributed by atoms with E-state index in [1.807, 2.05) is 20.0 Å². The third-order valence-corrected chi connectivity index (χ3v) is 4.23. The van der Waals surface area contributed by atoms with Gasteiger partial charge in [-0.2, -0.15) is 0 Å². The number of hydrogen-bond acceptors (Lipinski definition) is 4. The molecule has 0 aromatic carbocycles. The van der Waals surface area contributed by atoms with E-state index < -0.39 is 0 Å². The molecule has 3 rings (SSSR count). The summed E-state index contributed by atoms with van der Waals surface area (Å²) in [6.45, 7) is 6.40. The van der Waals surface area contributed by atoms with Crippen LogP contribution in [0.1, 0.15) is 24.3 Å². The second kappa shape index (κ2) is 6.95. The van der Waals surface area contributed by atoms with Crippen molar-refractivity contribution >= 4 is 29.9 Å². The van der Waals surface area contributed by atoms with E-state index in [2.05, 4.69) is 20.4 Å². The quantitative estimate of drug-likeness (QED) is 0.461. The van der Waals surface area contributed by atoms with Crippen molar-refractivity contribution in [2.75, 3.05) is 33.4 Å². The molecule has 1 unspecified atom stereocenters. The second-order valence-corrected chi connectivity index (χ2v) is 5.81. The number of likely N-dealkylation sites (tertiary alicyclic amines) is 1. The fraction of sp³-hybridized carbons (Fsp3) is 0.714. The normalized spacial score (nSPS) is 25.4. The van der Waals surface area contributed by atoms with Gasteiger partial charge in [-0.3, -0.25) is 4.99 Å². The van der Waals surface area contributed by atoms with Crippen LogP contribution in [0, 0.1) is 12.3 Å². The molecule has 7 heteroatoms. The van der Waals surface area contributed by atoms with Crippen molar-refractivity contribution in [1.29, 1.82) is 0 Å². The fourth-order valence-electron chi connectivity index (χ4n) is 3.09. The van der Waals surface area contributed by atoms with Gasteiger partial charge in [-0.25, -0.2) is 0 Å². The first-order valence-electron chi connectivity index (χ1n) is 7.16. The molecular weight excluding hydrogens is 383 g/mol. The monoisotopic (exact) mass is 406 g/mol. The van der Waals surface area contributed by atoms with Crippen LogP contribution >= 0.6 is 24.0 Å². The van der Waals surface area contributed by atoms with E-state index in [0.717, 1.165) is 43.7 Å². The van der Waals surface area contributed by atoms with E-state index in [4.69, 9.17) is 9.26 Å². The summed E-state index contributed by atoms with van der Waals surface area (Å²) in [6, 6.07) is 1.94. The highest BCUT2D eigenvalue weighted by atomic mass is 127. The third kappa shape index (κ3) is 3.68. The predicted octanol–water partition coefficient (Wildman–Crippen LogP) is 1.79. The Bertz CT molecular complexity index is 497. The number of aryl methyl sites for hydroxylation is 1. The smallest absolute Gasteiger partial charge is 0.194 e. The SMILES string of the molecule is CN=C(NCc1cc(C)no1)N1CCC2(CCOC2)C1.I. The molecular formula is C14H23IN4O2. The minimum Gasteiger partial charge on any atom is -0.381 e. The van der Waals surface area contributed by atoms with Crippen molar-refractivity contribution in [2.45, 2.75) is 26.3 Å². The molecule has 1 N–H and O–H groups in total. The Hall–Kier alpha value is -0.830. The average Bonchev–Trinajstić information content (AvgIpc) is 3.15. The van der Waals surface area contributed by atoms with Crippen LogP contribution in [0.2, 0.25) is 0 Å². The summed E-state index contributed by atoms with van der Waals surface area (Å²) in [6.07, 6.45) is 2.36. The number of rotatable bonds is 2. The minimum atomic E-state index is 0. The number of aromatic nitrogens is 1. The molecule has 2 aliphatic rings. The van der Waals surface area contributed by atoms with E-state index in [9.17, 15) is 0 Å². The number of ether oxygens (including phenoxy) is 1. The minimum absolute atomic E-state index is 0. The van der Waals surface area contributed by atoms with Gasteiger partial charge in [0, 0.05) is 38.2 Å². The zero-order valence-electron chi connectivity index (χ0n) is 12.6. The first-order chi connectivity index (χ1) is 9.71. The van der Waals surface area contributed by atoms with Gasteiger partial charge in [0.1, 0.15) is 0 Å². The first kappa shape index (κ1) is 16.5. The molecule has 0 saturated carbocycles. The average molecular weight is 406 g/mol. The highest BCUT2D eigenvalue weighted by Crippen LogP contribution is 2.38. The summed E-state index contributed by atoms with van der Waals surface area (Å²) >= 11 is 0. The Morgan fingerprint density at radius 1 is 1.52 bits per heavy atom. The molecule has 1 spiro atoms. The molecule has 2 fully saturated rings. The van der Waals surface area contributed by atoms with Gasteiger partial charge in [-0.05, 0) is 19.8 Å². The van der Waals surface area contributed by atoms with Crippen LogP contribution < -0.4 is 5.32 Å². The zero-order valence-corrected chi connectivity index (χ0v) is 14.9. The van der Waals surface area contributed by atoms with Crippen LogP contribution in [0.25, 0.3) is 0 Å². The molecule has 2 saturated heterocycles. The van der Waals surface area contributed by atoms with Crippen molar-refractivity contribution < 1.29 is 9.26 Å². The molecule has 0 amide bonds. The van der Waals surface area contributed by atoms with Gasteiger partial charge in [-0.1, -0.05) is 5.16 Å². The first-order valence-corrected chi connectivity index (χ1v) is 7.16. The van der Waals surface area contributed by atoms with Gasteiger partial charge in [0.25, 0.3) is 0 Å². The maximum Gasteiger partial charge on any atom is 0.194 e. The molecule has 1 aromatic heterocycles. The molecule has 0 bridgehead atoms. The van der Waals surface area contributed by atoms with Gasteiger partial charge in [0.15, 0.2) is 11.7 Å². The molecule has 1 aromatic rings. The topological polar surface area (TPSA) is 62.9 Å². The lowest BCUT2D eigenvalue weighted by Gasteiger charge is -2.24. The second-order valence-electron chi connectivity index (χ2n) is 5.81. The van der Waals surface area contributed by atoms with E-state index in [0.29, 0.717) is 12.0 Å². The number of halogens is 1. The molecule has 3 heterocycles. The lowest BCUT2D eigenvalue weighted by Crippen LogP contribution is -2.41. The maximum absolute atomic E-state index is 5.57. The number of aliphatic imine (C=N–C) groups is 1. The zero-order chi connectivity index (χ0) is 14.0. The Kier molecular flexibility index (Phi) is 5.48. The van der Waals surface area contributed by atoms with Gasteiger partial charge >= 0.3 is 0 Å². The van der Waals surface area contributed by atoms with Crippen molar-refractivity contribution in [3.05, 3.63) is 17.5 Å². The lowest BCUT2D eigenvalue weighted by molar-refractivity contribution is 0.156. The Labute approximate surface area is 142 Å². The van der Waals surface area contributed by atoms with Gasteiger partial charge in [0.05, 0.1) is 18.8 Å². The molecule has 6 nitrogen and oxygen atoms in total. The van der Waals surface area contributed by atoms with Crippen LogP contribution in [-0.2, 0) is 11.3 Å². The van der Waals surface area contributed by atoms with Gasteiger partial charge in [-0.15, -0.1) is 24.0 Å². The number of nitrogens with one attached hydrogen (secondary N) is 1. The van der Waals surface area contributed by atoms with E-state index in [-0.39, 0.29) is 24.0 Å². The van der Waals surface area contributed by atoms with Crippen LogP contribution in [0.15, 0.2) is 15.6 Å². The van der Waals surface area contributed by atoms with Crippen molar-refractivity contribution in [3.63, 3.8) is 0 Å². The summed E-state index contributed by atoms with van der Waals surface area (Å²) in [5.74, 6) is 1.77. The summed E-state index contributed by atoms with van der Waals surface area (Å²) in [4.78, 5) is 6.69. The van der Waals surface area contributed by atoms with Crippen molar-refractivity contribution in [1.82, 2.24) is 15.4 Å². The molecule has 118 valence electrons. The maximum atomic E-state index is 5.57. The van der Waals surface area contributed by atoms with E-state index >= 15 is 0 Å². The summed E-state index contributed by atoms with van der Waals surface area (Å²) in [5, 5.41) is 7.24. The Morgan fingerprint density at radius 3 is 3.00 bits per heavy atom. The van der Waals surface area contributed by atoms with Crippen molar-refractivity contribution in [2.24, 2.45) is 10.4 Å². The Balaban J connectivity index is 0.00000161. The molecule has 1 atom stereocenters. The van der Waals surface area contributed by atoms with Crippen molar-refractivity contribution in [3.8, 4) is 0 Å². The summed E-state index contributed by atoms with van der Waals surface area (Å²) < 4.78 is 10.8. The van der Waals surface area contributed by atoms with Gasteiger partial charge < -0.3 is 19.5 Å². The third-order valence-electron chi connectivity index (χ3n) is 4.23. The van der Waals surface area contributed by atoms with Crippen LogP contribution in [0.3, 0.4) is 0 Å². The molecule has 21 heavy (non-hydrogen) atoms. The molecule has 0 aliphatic carbocycles. The van der Waals surface area contributed by atoms with Gasteiger partial charge in [0.2, 0.25) is 0 Å². The number of guanidine groups is 1. The summed E-state index contributed by atoms with van der Waals surface area (Å²) in [7, 11) is 1.82. The summed E-state index contributed by atoms with van der Waals surface area (Å²) in [5.41, 5.74) is 1.25. The van der Waals surface area contributed by atoms with Crippen LogP contribution in [0.4, 0.5) is 0 Å². The number of nitrogens with zero attached hydrogens (tertiary/aromatic N) is 3. The van der Waals surface area contributed by atoms with Crippen LogP contribution in [-0.4, -0.2) is 49.4 Å². The largest absolute Gasteiger partial charge is 0.381 e. The van der Waals surface area contributed by atoms with E-state index in [1.54, 1.807) is 0 Å². The molecule has 2 aliphatic heterocycles. The highest BCUT2D eigenvalue weighted by molar-refractivity contribution is 14.0. The molecule has 0 radical (unpaired) electrons. The van der Waals surface area contributed by atoms with E-state index in [1.165, 1.54) is 12.8 Å². The Morgan fingerprint density at radius 2 is 2.38 bits per heavy atom. The fourth-order valence-corrected chi connectivity index (χ4v) is 3.09. The lowest BCUT2D eigenvalue weighted by atomic mass is 9.87. The number of hydrogen-bond donors (Lipinski definition) is 1.